The van der Waals surface area contributed by atoms with Crippen LogP contribution in [0, 0.1) is 0 Å². The SMILES string of the molecule is CCN(CC)C(=O)CNC(=O)CCCNC(C)C. The van der Waals surface area contributed by atoms with E-state index in [1.807, 2.05) is 13.8 Å². The molecule has 0 aliphatic rings. The molecule has 5 nitrogen and oxygen atoms in total. The lowest BCUT2D eigenvalue weighted by Crippen LogP contribution is -2.40. The van der Waals surface area contributed by atoms with E-state index in [4.69, 9.17) is 0 Å². The van der Waals surface area contributed by atoms with Crippen LogP contribution in [0.25, 0.3) is 0 Å². The van der Waals surface area contributed by atoms with Gasteiger partial charge in [0.15, 0.2) is 0 Å². The molecule has 5 heteroatoms. The molecule has 0 aliphatic heterocycles. The number of amides is 2. The van der Waals surface area contributed by atoms with Gasteiger partial charge in [-0.3, -0.25) is 9.59 Å². The molecule has 0 aromatic heterocycles. The summed E-state index contributed by atoms with van der Waals surface area (Å²) in [4.78, 5) is 24.8. The molecule has 2 N–H and O–H groups in total. The number of hydrogen-bond acceptors (Lipinski definition) is 3. The van der Waals surface area contributed by atoms with Crippen LogP contribution in [0.1, 0.15) is 40.5 Å². The minimum Gasteiger partial charge on any atom is -0.347 e. The fourth-order valence-electron chi connectivity index (χ4n) is 1.59. The summed E-state index contributed by atoms with van der Waals surface area (Å²) >= 11 is 0. The van der Waals surface area contributed by atoms with Crippen LogP contribution in [0.2, 0.25) is 0 Å². The van der Waals surface area contributed by atoms with Crippen molar-refractivity contribution in [2.45, 2.75) is 46.6 Å². The Bertz CT molecular complexity index is 251. The van der Waals surface area contributed by atoms with Crippen LogP contribution in [0.4, 0.5) is 0 Å². The average molecular weight is 257 g/mol. The fourth-order valence-corrected chi connectivity index (χ4v) is 1.59. The van der Waals surface area contributed by atoms with Gasteiger partial charge in [-0.1, -0.05) is 13.8 Å². The van der Waals surface area contributed by atoms with Crippen molar-refractivity contribution in [1.82, 2.24) is 15.5 Å². The maximum absolute atomic E-state index is 11.6. The Morgan fingerprint density at radius 2 is 1.78 bits per heavy atom. The van der Waals surface area contributed by atoms with Gasteiger partial charge >= 0.3 is 0 Å². The lowest BCUT2D eigenvalue weighted by Gasteiger charge is -2.18. The predicted molar refractivity (Wildman–Crippen MR) is 73.3 cm³/mol. The Morgan fingerprint density at radius 1 is 1.17 bits per heavy atom. The van der Waals surface area contributed by atoms with E-state index in [2.05, 4.69) is 24.5 Å². The lowest BCUT2D eigenvalue weighted by molar-refractivity contribution is -0.132. The van der Waals surface area contributed by atoms with Crippen molar-refractivity contribution < 1.29 is 9.59 Å². The second-order valence-corrected chi connectivity index (χ2v) is 4.56. The van der Waals surface area contributed by atoms with E-state index in [0.717, 1.165) is 13.0 Å². The van der Waals surface area contributed by atoms with Gasteiger partial charge in [0.05, 0.1) is 6.54 Å². The zero-order chi connectivity index (χ0) is 14.0. The van der Waals surface area contributed by atoms with E-state index in [9.17, 15) is 9.59 Å². The Hall–Kier alpha value is -1.10. The summed E-state index contributed by atoms with van der Waals surface area (Å²) < 4.78 is 0. The van der Waals surface area contributed by atoms with Crippen molar-refractivity contribution in [1.29, 1.82) is 0 Å². The second kappa shape index (κ2) is 9.88. The molecule has 0 spiro atoms. The Balaban J connectivity index is 3.67. The molecule has 0 unspecified atom stereocenters. The molecule has 0 bridgehead atoms. The molecule has 18 heavy (non-hydrogen) atoms. The highest BCUT2D eigenvalue weighted by Gasteiger charge is 2.10. The second-order valence-electron chi connectivity index (χ2n) is 4.56. The number of carbonyl (C=O) groups is 2. The maximum atomic E-state index is 11.6. The highest BCUT2D eigenvalue weighted by molar-refractivity contribution is 5.84. The summed E-state index contributed by atoms with van der Waals surface area (Å²) in [6.45, 7) is 10.3. The highest BCUT2D eigenvalue weighted by Crippen LogP contribution is 1.91. The predicted octanol–water partition coefficient (Wildman–Crippen LogP) is 0.749. The highest BCUT2D eigenvalue weighted by atomic mass is 16.2. The van der Waals surface area contributed by atoms with Gasteiger partial charge < -0.3 is 15.5 Å². The molecule has 0 radical (unpaired) electrons. The number of rotatable bonds is 9. The zero-order valence-corrected chi connectivity index (χ0v) is 12.1. The average Bonchev–Trinajstić information content (AvgIpc) is 2.33. The summed E-state index contributed by atoms with van der Waals surface area (Å²) in [6.07, 6.45) is 1.26. The normalized spacial score (nSPS) is 10.5. The Labute approximate surface area is 110 Å². The van der Waals surface area contributed by atoms with Crippen LogP contribution in [0.3, 0.4) is 0 Å². The summed E-state index contributed by atoms with van der Waals surface area (Å²) in [5.41, 5.74) is 0. The summed E-state index contributed by atoms with van der Waals surface area (Å²) in [5, 5.41) is 5.91. The number of hydrogen-bond donors (Lipinski definition) is 2. The fraction of sp³-hybridized carbons (Fsp3) is 0.846. The van der Waals surface area contributed by atoms with Gasteiger partial charge in [-0.25, -0.2) is 0 Å². The summed E-state index contributed by atoms with van der Waals surface area (Å²) in [5.74, 6) is -0.0743. The zero-order valence-electron chi connectivity index (χ0n) is 12.1. The molecule has 0 heterocycles. The molecular weight excluding hydrogens is 230 g/mol. The van der Waals surface area contributed by atoms with Gasteiger partial charge in [-0.2, -0.15) is 0 Å². The van der Waals surface area contributed by atoms with Crippen LogP contribution in [0.5, 0.6) is 0 Å². The van der Waals surface area contributed by atoms with Crippen molar-refractivity contribution >= 4 is 11.8 Å². The van der Waals surface area contributed by atoms with Crippen LogP contribution < -0.4 is 10.6 Å². The van der Waals surface area contributed by atoms with Crippen molar-refractivity contribution in [3.8, 4) is 0 Å². The maximum Gasteiger partial charge on any atom is 0.241 e. The first-order valence-corrected chi connectivity index (χ1v) is 6.79. The molecule has 0 aliphatic carbocycles. The molecule has 0 aromatic rings. The van der Waals surface area contributed by atoms with E-state index in [1.165, 1.54) is 0 Å². The van der Waals surface area contributed by atoms with Gasteiger partial charge in [0.2, 0.25) is 11.8 Å². The molecule has 106 valence electrons. The van der Waals surface area contributed by atoms with Crippen LogP contribution >= 0.6 is 0 Å². The van der Waals surface area contributed by atoms with Crippen molar-refractivity contribution in [2.24, 2.45) is 0 Å². The minimum atomic E-state index is -0.0546. The number of nitrogens with zero attached hydrogens (tertiary/aromatic N) is 1. The van der Waals surface area contributed by atoms with E-state index < -0.39 is 0 Å². The van der Waals surface area contributed by atoms with Gasteiger partial charge in [-0.15, -0.1) is 0 Å². The third-order valence-electron chi connectivity index (χ3n) is 2.69. The molecule has 0 saturated heterocycles. The molecule has 2 amide bonds. The summed E-state index contributed by atoms with van der Waals surface area (Å²) in [7, 11) is 0. The first kappa shape index (κ1) is 16.9. The lowest BCUT2D eigenvalue weighted by atomic mass is 10.2. The third kappa shape index (κ3) is 8.06. The first-order chi connectivity index (χ1) is 8.51. The van der Waals surface area contributed by atoms with E-state index in [1.54, 1.807) is 4.90 Å². The van der Waals surface area contributed by atoms with Gasteiger partial charge in [0, 0.05) is 25.6 Å². The van der Waals surface area contributed by atoms with E-state index >= 15 is 0 Å². The quantitative estimate of drug-likeness (QED) is 0.599. The third-order valence-corrected chi connectivity index (χ3v) is 2.69. The van der Waals surface area contributed by atoms with Crippen molar-refractivity contribution in [3.63, 3.8) is 0 Å². The molecule has 0 atom stereocenters. The van der Waals surface area contributed by atoms with Crippen molar-refractivity contribution in [3.05, 3.63) is 0 Å². The molecule has 0 saturated carbocycles. The molecular formula is C13H27N3O2. The first-order valence-electron chi connectivity index (χ1n) is 6.79. The number of carbonyl (C=O) groups excluding carboxylic acids is 2. The van der Waals surface area contributed by atoms with Crippen LogP contribution in [-0.4, -0.2) is 48.9 Å². The number of nitrogens with one attached hydrogen (secondary N) is 2. The van der Waals surface area contributed by atoms with E-state index in [0.29, 0.717) is 25.6 Å². The minimum absolute atomic E-state index is 0.0198. The Kier molecular flexibility index (Phi) is 9.28. The topological polar surface area (TPSA) is 61.4 Å². The van der Waals surface area contributed by atoms with Crippen molar-refractivity contribution in [2.75, 3.05) is 26.2 Å². The van der Waals surface area contributed by atoms with E-state index in [-0.39, 0.29) is 18.4 Å². The molecule has 0 fully saturated rings. The largest absolute Gasteiger partial charge is 0.347 e. The van der Waals surface area contributed by atoms with Crippen LogP contribution in [0.15, 0.2) is 0 Å². The molecule has 0 aromatic carbocycles. The standard InChI is InChI=1S/C13H27N3O2/c1-5-16(6-2)13(18)10-15-12(17)8-7-9-14-11(3)4/h11,14H,5-10H2,1-4H3,(H,15,17). The monoisotopic (exact) mass is 257 g/mol. The Morgan fingerprint density at radius 3 is 2.28 bits per heavy atom. The van der Waals surface area contributed by atoms with Crippen LogP contribution in [-0.2, 0) is 9.59 Å². The summed E-state index contributed by atoms with van der Waals surface area (Å²) in [6, 6.07) is 0.442. The van der Waals surface area contributed by atoms with Gasteiger partial charge in [-0.05, 0) is 26.8 Å². The van der Waals surface area contributed by atoms with Gasteiger partial charge in [0.1, 0.15) is 0 Å². The van der Waals surface area contributed by atoms with Gasteiger partial charge in [0.25, 0.3) is 0 Å². The number of likely N-dealkylation sites (N-methyl/N-ethyl adjacent to an activating group) is 1. The smallest absolute Gasteiger partial charge is 0.241 e. The molecule has 0 rings (SSSR count).